The molecule has 0 aromatic heterocycles. The molecule has 0 aliphatic carbocycles. The highest BCUT2D eigenvalue weighted by atomic mass is 16.2. The molecule has 3 nitrogen and oxygen atoms in total. The van der Waals surface area contributed by atoms with Crippen molar-refractivity contribution < 1.29 is 4.79 Å². The van der Waals surface area contributed by atoms with Gasteiger partial charge in [-0.25, -0.2) is 0 Å². The summed E-state index contributed by atoms with van der Waals surface area (Å²) in [6.07, 6.45) is 0. The fourth-order valence-corrected chi connectivity index (χ4v) is 2.10. The van der Waals surface area contributed by atoms with Gasteiger partial charge in [-0.05, 0) is 37.1 Å². The van der Waals surface area contributed by atoms with Crippen molar-refractivity contribution >= 4 is 17.3 Å². The minimum absolute atomic E-state index is 0.0875. The molecule has 19 heavy (non-hydrogen) atoms. The summed E-state index contributed by atoms with van der Waals surface area (Å²) in [4.78, 5) is 14.2. The van der Waals surface area contributed by atoms with Crippen LogP contribution in [-0.2, 0) is 0 Å². The molecule has 2 aromatic rings. The van der Waals surface area contributed by atoms with Gasteiger partial charge in [0.25, 0.3) is 5.91 Å². The van der Waals surface area contributed by atoms with Crippen molar-refractivity contribution in [2.45, 2.75) is 13.8 Å². The molecule has 0 bridgehead atoms. The van der Waals surface area contributed by atoms with Crippen LogP contribution in [-0.4, -0.2) is 13.0 Å². The number of nitrogens with zero attached hydrogens (tertiary/aromatic N) is 1. The third-order valence-corrected chi connectivity index (χ3v) is 3.34. The molecule has 0 unspecified atom stereocenters. The first-order chi connectivity index (χ1) is 9.02. The molecule has 98 valence electrons. The Hall–Kier alpha value is -2.29. The Balaban J connectivity index is 2.40. The van der Waals surface area contributed by atoms with Crippen LogP contribution in [0.3, 0.4) is 0 Å². The van der Waals surface area contributed by atoms with E-state index in [0.717, 1.165) is 16.8 Å². The molecule has 0 aliphatic heterocycles. The van der Waals surface area contributed by atoms with Crippen molar-refractivity contribution in [3.8, 4) is 0 Å². The number of rotatable bonds is 2. The lowest BCUT2D eigenvalue weighted by Crippen LogP contribution is -2.27. The summed E-state index contributed by atoms with van der Waals surface area (Å²) in [5.41, 5.74) is 9.96. The van der Waals surface area contributed by atoms with Crippen LogP contribution in [0.4, 0.5) is 11.4 Å². The Kier molecular flexibility index (Phi) is 3.56. The van der Waals surface area contributed by atoms with E-state index >= 15 is 0 Å². The zero-order chi connectivity index (χ0) is 14.0. The number of hydrogen-bond acceptors (Lipinski definition) is 2. The van der Waals surface area contributed by atoms with Crippen LogP contribution < -0.4 is 10.6 Å². The zero-order valence-electron chi connectivity index (χ0n) is 11.5. The number of amides is 1. The monoisotopic (exact) mass is 254 g/mol. The number of para-hydroxylation sites is 2. The number of carbonyl (C=O) groups excluding carboxylic acids is 1. The number of benzene rings is 2. The molecule has 0 fully saturated rings. The smallest absolute Gasteiger partial charge is 0.260 e. The Morgan fingerprint density at radius 2 is 1.63 bits per heavy atom. The van der Waals surface area contributed by atoms with E-state index in [1.807, 2.05) is 50.2 Å². The van der Waals surface area contributed by atoms with Gasteiger partial charge in [-0.1, -0.05) is 30.3 Å². The largest absolute Gasteiger partial charge is 0.398 e. The summed E-state index contributed by atoms with van der Waals surface area (Å²) in [5.74, 6) is -0.0875. The molecule has 0 aliphatic rings. The van der Waals surface area contributed by atoms with E-state index in [1.54, 1.807) is 18.0 Å². The molecule has 0 heterocycles. The highest BCUT2D eigenvalue weighted by Crippen LogP contribution is 2.23. The maximum Gasteiger partial charge on any atom is 0.260 e. The second-order valence-corrected chi connectivity index (χ2v) is 4.69. The number of aryl methyl sites for hydroxylation is 2. The molecule has 0 saturated heterocycles. The summed E-state index contributed by atoms with van der Waals surface area (Å²) < 4.78 is 0. The highest BCUT2D eigenvalue weighted by molar-refractivity contribution is 6.09. The van der Waals surface area contributed by atoms with Gasteiger partial charge in [-0.2, -0.15) is 0 Å². The number of hydrogen-bond donors (Lipinski definition) is 1. The number of nitrogens with two attached hydrogens (primary N) is 1. The second-order valence-electron chi connectivity index (χ2n) is 4.69. The van der Waals surface area contributed by atoms with E-state index in [-0.39, 0.29) is 5.91 Å². The fraction of sp³-hybridized carbons (Fsp3) is 0.188. The van der Waals surface area contributed by atoms with Crippen molar-refractivity contribution in [1.29, 1.82) is 0 Å². The van der Waals surface area contributed by atoms with Gasteiger partial charge in [0.15, 0.2) is 0 Å². The lowest BCUT2D eigenvalue weighted by molar-refractivity contribution is 0.0993. The Morgan fingerprint density at radius 1 is 1.00 bits per heavy atom. The SMILES string of the molecule is Cc1ccccc1N(C)C(=O)c1cccc(C)c1N. The number of carbonyl (C=O) groups is 1. The predicted molar refractivity (Wildman–Crippen MR) is 79.5 cm³/mol. The van der Waals surface area contributed by atoms with Gasteiger partial charge in [-0.3, -0.25) is 4.79 Å². The van der Waals surface area contributed by atoms with Crippen LogP contribution >= 0.6 is 0 Å². The molecule has 2 aromatic carbocycles. The highest BCUT2D eigenvalue weighted by Gasteiger charge is 2.17. The van der Waals surface area contributed by atoms with E-state index in [2.05, 4.69) is 0 Å². The van der Waals surface area contributed by atoms with E-state index in [1.165, 1.54) is 0 Å². The first-order valence-electron chi connectivity index (χ1n) is 6.21. The molecule has 3 heteroatoms. The number of anilines is 2. The van der Waals surface area contributed by atoms with Gasteiger partial charge in [0.1, 0.15) is 0 Å². The summed E-state index contributed by atoms with van der Waals surface area (Å²) in [6, 6.07) is 13.3. The molecule has 0 saturated carbocycles. The van der Waals surface area contributed by atoms with Gasteiger partial charge in [0, 0.05) is 18.4 Å². The first-order valence-corrected chi connectivity index (χ1v) is 6.21. The summed E-state index contributed by atoms with van der Waals surface area (Å²) in [7, 11) is 1.77. The van der Waals surface area contributed by atoms with Crippen LogP contribution in [0, 0.1) is 13.8 Å². The summed E-state index contributed by atoms with van der Waals surface area (Å²) in [5, 5.41) is 0. The van der Waals surface area contributed by atoms with Gasteiger partial charge in [-0.15, -0.1) is 0 Å². The minimum atomic E-state index is -0.0875. The third kappa shape index (κ3) is 2.45. The van der Waals surface area contributed by atoms with E-state index in [9.17, 15) is 4.79 Å². The standard InChI is InChI=1S/C16H18N2O/c1-11-7-4-5-10-14(11)18(3)16(19)13-9-6-8-12(2)15(13)17/h4-10H,17H2,1-3H3. The Labute approximate surface area is 113 Å². The summed E-state index contributed by atoms with van der Waals surface area (Å²) in [6.45, 7) is 3.89. The predicted octanol–water partition coefficient (Wildman–Crippen LogP) is 3.16. The van der Waals surface area contributed by atoms with Crippen LogP contribution in [0.15, 0.2) is 42.5 Å². The quantitative estimate of drug-likeness (QED) is 0.837. The average Bonchev–Trinajstić information content (AvgIpc) is 2.41. The normalized spacial score (nSPS) is 10.3. The summed E-state index contributed by atoms with van der Waals surface area (Å²) >= 11 is 0. The van der Waals surface area contributed by atoms with Crippen LogP contribution in [0.2, 0.25) is 0 Å². The third-order valence-electron chi connectivity index (χ3n) is 3.34. The van der Waals surface area contributed by atoms with Gasteiger partial charge in [0.2, 0.25) is 0 Å². The second kappa shape index (κ2) is 5.14. The molecule has 1 amide bonds. The van der Waals surface area contributed by atoms with Crippen LogP contribution in [0.1, 0.15) is 21.5 Å². The van der Waals surface area contributed by atoms with E-state index in [4.69, 9.17) is 5.73 Å². The van der Waals surface area contributed by atoms with Gasteiger partial charge in [0.05, 0.1) is 5.56 Å². The van der Waals surface area contributed by atoms with Crippen LogP contribution in [0.5, 0.6) is 0 Å². The maximum absolute atomic E-state index is 12.5. The first kappa shape index (κ1) is 13.1. The Bertz CT molecular complexity index is 620. The lowest BCUT2D eigenvalue weighted by Gasteiger charge is -2.20. The van der Waals surface area contributed by atoms with Crippen molar-refractivity contribution in [2.24, 2.45) is 0 Å². The minimum Gasteiger partial charge on any atom is -0.398 e. The molecule has 0 atom stereocenters. The van der Waals surface area contributed by atoms with Crippen molar-refractivity contribution in [2.75, 3.05) is 17.7 Å². The lowest BCUT2D eigenvalue weighted by atomic mass is 10.1. The van der Waals surface area contributed by atoms with Crippen molar-refractivity contribution in [3.05, 3.63) is 59.2 Å². The molecular formula is C16H18N2O. The Morgan fingerprint density at radius 3 is 2.32 bits per heavy atom. The maximum atomic E-state index is 12.5. The molecule has 0 radical (unpaired) electrons. The molecular weight excluding hydrogens is 236 g/mol. The molecule has 2 rings (SSSR count). The van der Waals surface area contributed by atoms with Crippen molar-refractivity contribution in [1.82, 2.24) is 0 Å². The molecule has 2 N–H and O–H groups in total. The van der Waals surface area contributed by atoms with Gasteiger partial charge >= 0.3 is 0 Å². The van der Waals surface area contributed by atoms with Gasteiger partial charge < -0.3 is 10.6 Å². The molecule has 0 spiro atoms. The zero-order valence-corrected chi connectivity index (χ0v) is 11.5. The average molecular weight is 254 g/mol. The fourth-order valence-electron chi connectivity index (χ4n) is 2.10. The number of nitrogen functional groups attached to an aromatic ring is 1. The van der Waals surface area contributed by atoms with Crippen LogP contribution in [0.25, 0.3) is 0 Å². The van der Waals surface area contributed by atoms with Crippen molar-refractivity contribution in [3.63, 3.8) is 0 Å². The van der Waals surface area contributed by atoms with E-state index < -0.39 is 0 Å². The van der Waals surface area contributed by atoms with E-state index in [0.29, 0.717) is 11.3 Å². The topological polar surface area (TPSA) is 46.3 Å².